The van der Waals surface area contributed by atoms with Gasteiger partial charge in [0.15, 0.2) is 11.5 Å². The highest BCUT2D eigenvalue weighted by Crippen LogP contribution is 2.43. The number of carbonyl (C=O) groups is 1. The summed E-state index contributed by atoms with van der Waals surface area (Å²) in [5.74, 6) is 0.348. The van der Waals surface area contributed by atoms with Gasteiger partial charge in [-0.25, -0.2) is 9.79 Å². The zero-order valence-electron chi connectivity index (χ0n) is 22.6. The van der Waals surface area contributed by atoms with Crippen molar-refractivity contribution in [3.8, 4) is 11.5 Å². The van der Waals surface area contributed by atoms with Gasteiger partial charge in [-0.2, -0.15) is 0 Å². The minimum Gasteiger partial charge on any atom is -0.506 e. The Bertz CT molecular complexity index is 1670. The van der Waals surface area contributed by atoms with Gasteiger partial charge in [0.05, 0.1) is 28.3 Å². The molecule has 0 spiro atoms. The number of esters is 1. The fourth-order valence-corrected chi connectivity index (χ4v) is 6.01. The highest BCUT2D eigenvalue weighted by atomic mass is 79.9. The van der Waals surface area contributed by atoms with E-state index in [1.54, 1.807) is 13.0 Å². The minimum absolute atomic E-state index is 0.0473. The van der Waals surface area contributed by atoms with Crippen molar-refractivity contribution in [3.05, 3.63) is 117 Å². The molecule has 0 atom stereocenters. The maximum atomic E-state index is 12.8. The molecule has 0 bridgehead atoms. The lowest BCUT2D eigenvalue weighted by Gasteiger charge is -2.16. The highest BCUT2D eigenvalue weighted by Gasteiger charge is 2.33. The van der Waals surface area contributed by atoms with Crippen molar-refractivity contribution >= 4 is 61.2 Å². The van der Waals surface area contributed by atoms with E-state index in [9.17, 15) is 9.90 Å². The van der Waals surface area contributed by atoms with Crippen LogP contribution in [-0.4, -0.2) is 29.3 Å². The molecule has 6 nitrogen and oxygen atoms in total. The zero-order chi connectivity index (χ0) is 28.8. The largest absolute Gasteiger partial charge is 0.506 e. The molecule has 41 heavy (non-hydrogen) atoms. The third-order valence-corrected chi connectivity index (χ3v) is 7.85. The third-order valence-electron chi connectivity index (χ3n) is 6.24. The molecule has 4 aromatic carbocycles. The van der Waals surface area contributed by atoms with Gasteiger partial charge in [-0.15, -0.1) is 0 Å². The van der Waals surface area contributed by atoms with Crippen LogP contribution in [0.4, 0.5) is 5.69 Å². The molecule has 0 fully saturated rings. The first-order valence-electron chi connectivity index (χ1n) is 13.2. The first kappa shape index (κ1) is 28.5. The number of ether oxygens (including phenoxy) is 3. The Morgan fingerprint density at radius 2 is 1.71 bits per heavy atom. The molecule has 1 aliphatic rings. The lowest BCUT2D eigenvalue weighted by molar-refractivity contribution is -0.138. The Hall–Kier alpha value is -4.01. The van der Waals surface area contributed by atoms with Crippen molar-refractivity contribution in [1.82, 2.24) is 0 Å². The molecule has 1 N–H and O–H groups in total. The van der Waals surface area contributed by atoms with E-state index in [-0.39, 0.29) is 17.9 Å². The van der Waals surface area contributed by atoms with Crippen LogP contribution in [0.15, 0.2) is 111 Å². The third kappa shape index (κ3) is 6.50. The maximum absolute atomic E-state index is 12.8. The maximum Gasteiger partial charge on any atom is 0.344 e. The van der Waals surface area contributed by atoms with E-state index in [1.807, 2.05) is 67.6 Å². The van der Waals surface area contributed by atoms with Crippen LogP contribution in [0.2, 0.25) is 0 Å². The van der Waals surface area contributed by atoms with Gasteiger partial charge >= 0.3 is 5.97 Å². The number of nitrogens with zero attached hydrogens (tertiary/aromatic N) is 1. The monoisotopic (exact) mass is 629 g/mol. The van der Waals surface area contributed by atoms with Crippen LogP contribution in [0.3, 0.4) is 0 Å². The van der Waals surface area contributed by atoms with Crippen molar-refractivity contribution < 1.29 is 24.1 Å². The number of rotatable bonds is 9. The van der Waals surface area contributed by atoms with E-state index in [1.165, 1.54) is 11.8 Å². The highest BCUT2D eigenvalue weighted by molar-refractivity contribution is 9.10. The van der Waals surface area contributed by atoms with Crippen LogP contribution in [0, 0.1) is 0 Å². The molecule has 0 radical (unpaired) electrons. The Kier molecular flexibility index (Phi) is 9.11. The van der Waals surface area contributed by atoms with Gasteiger partial charge < -0.3 is 19.3 Å². The molecular weight excluding hydrogens is 602 g/mol. The topological polar surface area (TPSA) is 77.4 Å². The van der Waals surface area contributed by atoms with Crippen LogP contribution in [0.1, 0.15) is 25.0 Å². The van der Waals surface area contributed by atoms with Gasteiger partial charge in [-0.05, 0) is 82.0 Å². The number of fused-ring (bicyclic) bond motifs is 1. The molecule has 0 unspecified atom stereocenters. The molecule has 5 rings (SSSR count). The van der Waals surface area contributed by atoms with Crippen LogP contribution in [0.5, 0.6) is 11.5 Å². The molecule has 8 heteroatoms. The molecule has 0 saturated heterocycles. The van der Waals surface area contributed by atoms with Crippen molar-refractivity contribution in [2.75, 3.05) is 13.2 Å². The Balaban J connectivity index is 1.47. The Labute approximate surface area is 251 Å². The number of hydrogen-bond acceptors (Lipinski definition) is 7. The zero-order valence-corrected chi connectivity index (χ0v) is 25.0. The quantitative estimate of drug-likeness (QED) is 0.186. The smallest absolute Gasteiger partial charge is 0.344 e. The second kappa shape index (κ2) is 13.1. The molecule has 0 aromatic heterocycles. The number of para-hydroxylation sites is 1. The van der Waals surface area contributed by atoms with Gasteiger partial charge in [-0.1, -0.05) is 72.4 Å². The first-order valence-corrected chi connectivity index (χ1v) is 14.8. The summed E-state index contributed by atoms with van der Waals surface area (Å²) in [6, 6.07) is 27.4. The molecular formula is C33H28BrNO5S. The predicted octanol–water partition coefficient (Wildman–Crippen LogP) is 8.77. The van der Waals surface area contributed by atoms with E-state index in [4.69, 9.17) is 14.2 Å². The average molecular weight is 631 g/mol. The van der Waals surface area contributed by atoms with E-state index in [2.05, 4.69) is 45.2 Å². The predicted molar refractivity (Wildman–Crippen MR) is 169 cm³/mol. The molecule has 0 amide bonds. The number of halogens is 1. The summed E-state index contributed by atoms with van der Waals surface area (Å²) in [4.78, 5) is 17.8. The fraction of sp³-hybridized carbons (Fsp3) is 0.152. The summed E-state index contributed by atoms with van der Waals surface area (Å²) in [6.07, 6.45) is 1.79. The van der Waals surface area contributed by atoms with Gasteiger partial charge in [0, 0.05) is 0 Å². The molecule has 1 heterocycles. The first-order chi connectivity index (χ1) is 20.0. The van der Waals surface area contributed by atoms with E-state index < -0.39 is 5.97 Å². The summed E-state index contributed by atoms with van der Waals surface area (Å²) in [5, 5.41) is 13.8. The fourth-order valence-electron chi connectivity index (χ4n) is 4.41. The van der Waals surface area contributed by atoms with E-state index >= 15 is 0 Å². The number of thioether (sulfide) groups is 1. The number of carbonyl (C=O) groups excluding carboxylic acids is 1. The summed E-state index contributed by atoms with van der Waals surface area (Å²) < 4.78 is 18.2. The normalized spacial score (nSPS) is 15.1. The molecule has 208 valence electrons. The summed E-state index contributed by atoms with van der Waals surface area (Å²) in [5.41, 5.74) is 2.53. The lowest BCUT2D eigenvalue weighted by Crippen LogP contribution is -2.12. The molecule has 0 aliphatic carbocycles. The molecule has 4 aromatic rings. The summed E-state index contributed by atoms with van der Waals surface area (Å²) in [7, 11) is 0. The van der Waals surface area contributed by atoms with Crippen LogP contribution >= 0.6 is 27.7 Å². The van der Waals surface area contributed by atoms with Gasteiger partial charge in [-0.3, -0.25) is 0 Å². The summed E-state index contributed by atoms with van der Waals surface area (Å²) in [6.45, 7) is 4.62. The number of benzene rings is 4. The van der Waals surface area contributed by atoms with Gasteiger partial charge in [0.2, 0.25) is 0 Å². The van der Waals surface area contributed by atoms with E-state index in [0.29, 0.717) is 44.8 Å². The summed E-state index contributed by atoms with van der Waals surface area (Å²) >= 11 is 4.86. The van der Waals surface area contributed by atoms with Crippen molar-refractivity contribution in [2.45, 2.75) is 20.5 Å². The van der Waals surface area contributed by atoms with Crippen molar-refractivity contribution in [2.24, 2.45) is 4.99 Å². The Morgan fingerprint density at radius 3 is 2.49 bits per heavy atom. The van der Waals surface area contributed by atoms with Crippen molar-refractivity contribution in [3.63, 3.8) is 0 Å². The Morgan fingerprint density at radius 1 is 0.951 bits per heavy atom. The second-order valence-corrected chi connectivity index (χ2v) is 10.9. The van der Waals surface area contributed by atoms with Crippen LogP contribution < -0.4 is 9.47 Å². The number of aliphatic imine (C=N–C) groups is 1. The minimum atomic E-state index is -0.621. The lowest BCUT2D eigenvalue weighted by atomic mass is 10.1. The molecule has 1 aliphatic heterocycles. The SMILES string of the molecule is CCOC(=O)C1=C(O)/C(=C/c2cc(Br)c(OCc3cccc4ccccc34)c(OCC)c2)SC1=Nc1ccccc1. The molecule has 0 saturated carbocycles. The average Bonchev–Trinajstić information content (AvgIpc) is 3.27. The number of aliphatic hydroxyl groups is 1. The second-order valence-electron chi connectivity index (χ2n) is 9.00. The van der Waals surface area contributed by atoms with Crippen molar-refractivity contribution in [1.29, 1.82) is 0 Å². The van der Waals surface area contributed by atoms with Gasteiger partial charge in [0.1, 0.15) is 23.0 Å². The standard InChI is InChI=1S/C33H28BrNO5S/c1-3-38-27-18-21(17-26(34)31(27)40-20-23-13-10-12-22-11-8-9-16-25(22)23)19-28-30(36)29(33(37)39-4-2)32(41-28)35-24-14-6-5-7-15-24/h5-19,36H,3-4,20H2,1-2H3/b28-19-,35-32?. The van der Waals surface area contributed by atoms with Crippen LogP contribution in [0.25, 0.3) is 16.8 Å². The number of aliphatic hydroxyl groups excluding tert-OH is 1. The number of hydrogen-bond donors (Lipinski definition) is 1. The van der Waals surface area contributed by atoms with Crippen LogP contribution in [-0.2, 0) is 16.1 Å². The van der Waals surface area contributed by atoms with Gasteiger partial charge in [0.25, 0.3) is 0 Å². The van der Waals surface area contributed by atoms with E-state index in [0.717, 1.165) is 21.9 Å².